The Hall–Kier alpha value is -1.84. The number of hydrogen-bond acceptors (Lipinski definition) is 4. The van der Waals surface area contributed by atoms with E-state index in [2.05, 4.69) is 53.7 Å². The third-order valence-corrected chi connectivity index (χ3v) is 6.91. The van der Waals surface area contributed by atoms with E-state index in [1.165, 1.54) is 18.1 Å². The fraction of sp³-hybridized carbons (Fsp3) is 0.742. The minimum absolute atomic E-state index is 0.0388. The highest BCUT2D eigenvalue weighted by atomic mass is 16.1. The summed E-state index contributed by atoms with van der Waals surface area (Å²) in [6, 6.07) is 0. The molecule has 0 aromatic rings. The molecule has 0 bridgehead atoms. The van der Waals surface area contributed by atoms with Gasteiger partial charge in [-0.1, -0.05) is 72.1 Å². The van der Waals surface area contributed by atoms with Gasteiger partial charge in [-0.15, -0.1) is 0 Å². The summed E-state index contributed by atoms with van der Waals surface area (Å²) in [6.07, 6.45) is 11.9. The van der Waals surface area contributed by atoms with Gasteiger partial charge in [-0.05, 0) is 69.3 Å². The molecule has 3 unspecified atom stereocenters. The van der Waals surface area contributed by atoms with Crippen LogP contribution in [0.4, 0.5) is 0 Å². The highest BCUT2D eigenvalue weighted by molar-refractivity contribution is 5.99. The van der Waals surface area contributed by atoms with Crippen LogP contribution in [0, 0.1) is 23.2 Å². The summed E-state index contributed by atoms with van der Waals surface area (Å²) in [5.74, 6) is 1.11. The van der Waals surface area contributed by atoms with Crippen molar-refractivity contribution in [2.75, 3.05) is 0 Å². The Morgan fingerprint density at radius 3 is 2.11 bits per heavy atom. The number of hydrogen-bond donors (Lipinski definition) is 0. The molecule has 0 amide bonds. The monoisotopic (exact) mass is 488 g/mol. The molecule has 0 aromatic heterocycles. The van der Waals surface area contributed by atoms with E-state index in [9.17, 15) is 19.2 Å². The fourth-order valence-corrected chi connectivity index (χ4v) is 5.14. The third-order valence-electron chi connectivity index (χ3n) is 6.91. The summed E-state index contributed by atoms with van der Waals surface area (Å²) in [5.41, 5.74) is 2.49. The highest BCUT2D eigenvalue weighted by Gasteiger charge is 2.30. The van der Waals surface area contributed by atoms with Crippen molar-refractivity contribution in [2.24, 2.45) is 23.2 Å². The van der Waals surface area contributed by atoms with E-state index in [0.29, 0.717) is 31.0 Å². The summed E-state index contributed by atoms with van der Waals surface area (Å²) >= 11 is 0. The lowest BCUT2D eigenvalue weighted by molar-refractivity contribution is -0.130. The largest absolute Gasteiger partial charge is 0.300 e. The van der Waals surface area contributed by atoms with Gasteiger partial charge in [0.25, 0.3) is 0 Å². The second-order valence-corrected chi connectivity index (χ2v) is 11.4. The zero-order valence-electron chi connectivity index (χ0n) is 24.1. The molecule has 0 saturated heterocycles. The molecule has 0 aromatic carbocycles. The number of rotatable bonds is 10. The SMILES string of the molecule is CCC(C)=O.CCCC(CC1CC/C=C\C(C(C)(C)C)=C(\C)CC(=O)C1)C(CC)C(=O)CC(C)=O. The molecule has 0 fully saturated rings. The molecule has 0 heterocycles. The van der Waals surface area contributed by atoms with Crippen LogP contribution in [0.2, 0.25) is 0 Å². The van der Waals surface area contributed by atoms with Crippen LogP contribution in [0.3, 0.4) is 0 Å². The molecule has 0 radical (unpaired) electrons. The topological polar surface area (TPSA) is 68.3 Å². The predicted molar refractivity (Wildman–Crippen MR) is 146 cm³/mol. The molecular weight excluding hydrogens is 436 g/mol. The minimum atomic E-state index is -0.0657. The van der Waals surface area contributed by atoms with Crippen LogP contribution in [0.5, 0.6) is 0 Å². The normalized spacial score (nSPS) is 21.9. The molecule has 0 aliphatic heterocycles. The van der Waals surface area contributed by atoms with Gasteiger partial charge in [-0.2, -0.15) is 0 Å². The van der Waals surface area contributed by atoms with Crippen molar-refractivity contribution in [3.63, 3.8) is 0 Å². The average Bonchev–Trinajstić information content (AvgIpc) is 2.72. The predicted octanol–water partition coefficient (Wildman–Crippen LogP) is 8.03. The Labute approximate surface area is 215 Å². The second-order valence-electron chi connectivity index (χ2n) is 11.4. The molecule has 4 heteroatoms. The van der Waals surface area contributed by atoms with Crippen LogP contribution in [-0.4, -0.2) is 23.1 Å². The molecule has 35 heavy (non-hydrogen) atoms. The van der Waals surface area contributed by atoms with Gasteiger partial charge in [0.05, 0.1) is 6.42 Å². The summed E-state index contributed by atoms with van der Waals surface area (Å²) in [7, 11) is 0. The Morgan fingerprint density at radius 2 is 1.66 bits per heavy atom. The maximum atomic E-state index is 12.9. The Kier molecular flexibility index (Phi) is 15.9. The van der Waals surface area contributed by atoms with Crippen molar-refractivity contribution in [2.45, 2.75) is 127 Å². The molecule has 0 spiro atoms. The maximum absolute atomic E-state index is 12.9. The van der Waals surface area contributed by atoms with E-state index in [1.54, 1.807) is 6.92 Å². The molecule has 0 saturated carbocycles. The van der Waals surface area contributed by atoms with Gasteiger partial charge >= 0.3 is 0 Å². The second kappa shape index (κ2) is 16.8. The molecule has 0 N–H and O–H groups in total. The summed E-state index contributed by atoms with van der Waals surface area (Å²) in [6.45, 7) is 17.8. The fourth-order valence-electron chi connectivity index (χ4n) is 5.14. The number of allylic oxidation sites excluding steroid dienone is 4. The summed E-state index contributed by atoms with van der Waals surface area (Å²) in [4.78, 5) is 46.9. The van der Waals surface area contributed by atoms with Crippen molar-refractivity contribution >= 4 is 23.1 Å². The van der Waals surface area contributed by atoms with Crippen LogP contribution >= 0.6 is 0 Å². The lowest BCUT2D eigenvalue weighted by Gasteiger charge is -2.29. The van der Waals surface area contributed by atoms with Gasteiger partial charge < -0.3 is 4.79 Å². The van der Waals surface area contributed by atoms with Gasteiger partial charge in [0, 0.05) is 25.2 Å². The average molecular weight is 489 g/mol. The van der Waals surface area contributed by atoms with Crippen LogP contribution < -0.4 is 0 Å². The maximum Gasteiger partial charge on any atom is 0.143 e. The first-order valence-corrected chi connectivity index (χ1v) is 13.7. The number of Topliss-reactive ketones (excluding diaryl/α,β-unsaturated/α-hetero) is 4. The van der Waals surface area contributed by atoms with Crippen molar-refractivity contribution < 1.29 is 19.2 Å². The summed E-state index contributed by atoms with van der Waals surface area (Å²) < 4.78 is 0. The van der Waals surface area contributed by atoms with Crippen molar-refractivity contribution in [3.05, 3.63) is 23.3 Å². The van der Waals surface area contributed by atoms with Crippen molar-refractivity contribution in [3.8, 4) is 0 Å². The van der Waals surface area contributed by atoms with Crippen LogP contribution in [0.15, 0.2) is 23.3 Å². The molecular formula is C31H52O4. The minimum Gasteiger partial charge on any atom is -0.300 e. The van der Waals surface area contributed by atoms with E-state index >= 15 is 0 Å². The van der Waals surface area contributed by atoms with E-state index in [-0.39, 0.29) is 41.0 Å². The van der Waals surface area contributed by atoms with Gasteiger partial charge in [0.15, 0.2) is 0 Å². The van der Waals surface area contributed by atoms with Crippen LogP contribution in [-0.2, 0) is 19.2 Å². The van der Waals surface area contributed by atoms with Gasteiger partial charge in [-0.25, -0.2) is 0 Å². The van der Waals surface area contributed by atoms with Crippen molar-refractivity contribution in [1.29, 1.82) is 0 Å². The summed E-state index contributed by atoms with van der Waals surface area (Å²) in [5, 5.41) is 0. The van der Waals surface area contributed by atoms with E-state index in [0.717, 1.165) is 38.5 Å². The first-order valence-electron chi connectivity index (χ1n) is 13.7. The lowest BCUT2D eigenvalue weighted by atomic mass is 9.74. The van der Waals surface area contributed by atoms with E-state index in [1.807, 2.05) is 6.92 Å². The molecule has 3 atom stereocenters. The molecule has 1 aliphatic carbocycles. The first kappa shape index (κ1) is 33.2. The van der Waals surface area contributed by atoms with Crippen LogP contribution in [0.25, 0.3) is 0 Å². The number of carbonyl (C=O) groups excluding carboxylic acids is 4. The van der Waals surface area contributed by atoms with Crippen molar-refractivity contribution in [1.82, 2.24) is 0 Å². The molecule has 4 nitrogen and oxygen atoms in total. The lowest BCUT2D eigenvalue weighted by Crippen LogP contribution is -2.27. The standard InChI is InChI=1S/C27H44O3.C4H8O/c1-8-12-22(24(9-2)26(30)16-20(4)28)17-21-13-10-11-14-25(27(5,6)7)19(3)15-23(29)18-21;1-3-4(2)5/h11,14,21-22,24H,8-10,12-13,15-18H2,1-7H3;3H2,1-2H3/b14-11-,25-19+;. The first-order chi connectivity index (χ1) is 16.3. The van der Waals surface area contributed by atoms with Gasteiger partial charge in [-0.3, -0.25) is 14.4 Å². The Balaban J connectivity index is 0.00000209. The molecule has 200 valence electrons. The highest BCUT2D eigenvalue weighted by Crippen LogP contribution is 2.35. The van der Waals surface area contributed by atoms with Crippen LogP contribution in [0.1, 0.15) is 127 Å². The zero-order valence-corrected chi connectivity index (χ0v) is 24.1. The zero-order chi connectivity index (χ0) is 27.2. The van der Waals surface area contributed by atoms with Gasteiger partial charge in [0.1, 0.15) is 23.1 Å². The number of ketones is 4. The Morgan fingerprint density at radius 1 is 1.06 bits per heavy atom. The number of carbonyl (C=O) groups is 4. The third kappa shape index (κ3) is 13.7. The van der Waals surface area contributed by atoms with E-state index < -0.39 is 0 Å². The Bertz CT molecular complexity index is 763. The van der Waals surface area contributed by atoms with E-state index in [4.69, 9.17) is 0 Å². The quantitative estimate of drug-likeness (QED) is 0.292. The van der Waals surface area contributed by atoms with Gasteiger partial charge in [0.2, 0.25) is 0 Å². The smallest absolute Gasteiger partial charge is 0.143 e. The molecule has 1 rings (SSSR count). The molecule has 1 aliphatic rings.